The fourth-order valence-corrected chi connectivity index (χ4v) is 3.11. The summed E-state index contributed by atoms with van der Waals surface area (Å²) in [4.78, 5) is 11.3. The Morgan fingerprint density at radius 1 is 1.36 bits per heavy atom. The lowest BCUT2D eigenvalue weighted by Crippen LogP contribution is -2.53. The van der Waals surface area contributed by atoms with Crippen molar-refractivity contribution < 1.29 is 9.84 Å². The number of β-amino-alcohol motifs (C(OH)–C–C–N with tert-alkyl or cyclic N) is 1. The molecule has 1 aromatic rings. The van der Waals surface area contributed by atoms with Gasteiger partial charge in [0, 0.05) is 51.7 Å². The molecule has 1 fully saturated rings. The molecule has 162 valence electrons. The average Bonchev–Trinajstić information content (AvgIpc) is 3.04. The molecule has 3 N–H and O–H groups in total. The summed E-state index contributed by atoms with van der Waals surface area (Å²) in [7, 11) is 0. The highest BCUT2D eigenvalue weighted by Gasteiger charge is 2.25. The molecule has 1 aliphatic heterocycles. The number of hydrogen-bond donors (Lipinski definition) is 3. The van der Waals surface area contributed by atoms with Crippen molar-refractivity contribution in [3.05, 3.63) is 18.2 Å². The molecule has 0 saturated carbocycles. The van der Waals surface area contributed by atoms with Crippen LogP contribution in [-0.2, 0) is 17.8 Å². The van der Waals surface area contributed by atoms with Crippen molar-refractivity contribution in [2.24, 2.45) is 10.9 Å². The van der Waals surface area contributed by atoms with Crippen LogP contribution in [0.15, 0.2) is 17.4 Å². The summed E-state index contributed by atoms with van der Waals surface area (Å²) in [5.74, 6) is 2.20. The molecular formula is C19H37IN6O2. The topological polar surface area (TPSA) is 86.9 Å². The van der Waals surface area contributed by atoms with Gasteiger partial charge in [0.05, 0.1) is 18.8 Å². The van der Waals surface area contributed by atoms with Gasteiger partial charge in [0.1, 0.15) is 12.4 Å². The minimum absolute atomic E-state index is 0. The fourth-order valence-electron chi connectivity index (χ4n) is 3.11. The summed E-state index contributed by atoms with van der Waals surface area (Å²) in [6.45, 7) is 14.7. The summed E-state index contributed by atoms with van der Waals surface area (Å²) >= 11 is 0. The van der Waals surface area contributed by atoms with Gasteiger partial charge < -0.3 is 25.0 Å². The van der Waals surface area contributed by atoms with Crippen LogP contribution >= 0.6 is 24.0 Å². The Labute approximate surface area is 186 Å². The summed E-state index contributed by atoms with van der Waals surface area (Å²) in [6.07, 6.45) is 3.82. The highest BCUT2D eigenvalue weighted by Crippen LogP contribution is 2.08. The quantitative estimate of drug-likeness (QED) is 0.265. The molecule has 9 heteroatoms. The van der Waals surface area contributed by atoms with Gasteiger partial charge in [-0.25, -0.2) is 9.98 Å². The zero-order valence-electron chi connectivity index (χ0n) is 17.6. The Kier molecular flexibility index (Phi) is 11.3. The molecule has 1 atom stereocenters. The van der Waals surface area contributed by atoms with E-state index in [2.05, 4.69) is 43.9 Å². The number of ether oxygens (including phenoxy) is 1. The third-order valence-electron chi connectivity index (χ3n) is 4.39. The minimum Gasteiger partial charge on any atom is -0.387 e. The summed E-state index contributed by atoms with van der Waals surface area (Å²) in [5, 5.41) is 17.2. The Balaban J connectivity index is 0.00000392. The number of aromatic nitrogens is 2. The van der Waals surface area contributed by atoms with Crippen molar-refractivity contribution in [1.82, 2.24) is 25.1 Å². The molecule has 1 aromatic heterocycles. The van der Waals surface area contributed by atoms with E-state index in [1.165, 1.54) is 0 Å². The Morgan fingerprint density at radius 2 is 2.07 bits per heavy atom. The SMILES string of the molecule is CCNC(=NCc1nccn1CC(C)C)NCC(C)(O)CN1CCOCC1.I. The first-order valence-corrected chi connectivity index (χ1v) is 9.94. The van der Waals surface area contributed by atoms with Crippen molar-refractivity contribution in [1.29, 1.82) is 0 Å². The molecule has 1 unspecified atom stereocenters. The van der Waals surface area contributed by atoms with Crippen LogP contribution in [0.1, 0.15) is 33.5 Å². The van der Waals surface area contributed by atoms with Crippen LogP contribution in [0.2, 0.25) is 0 Å². The predicted octanol–water partition coefficient (Wildman–Crippen LogP) is 1.30. The van der Waals surface area contributed by atoms with Gasteiger partial charge in [-0.3, -0.25) is 4.90 Å². The Hall–Kier alpha value is -0.910. The lowest BCUT2D eigenvalue weighted by molar-refractivity contribution is -0.0201. The molecule has 1 saturated heterocycles. The number of guanidine groups is 1. The minimum atomic E-state index is -0.844. The predicted molar refractivity (Wildman–Crippen MR) is 123 cm³/mol. The maximum atomic E-state index is 10.7. The van der Waals surface area contributed by atoms with E-state index < -0.39 is 5.60 Å². The van der Waals surface area contributed by atoms with Crippen LogP contribution in [0.25, 0.3) is 0 Å². The number of halogens is 1. The number of rotatable bonds is 9. The van der Waals surface area contributed by atoms with Crippen LogP contribution < -0.4 is 10.6 Å². The molecule has 1 aliphatic rings. The van der Waals surface area contributed by atoms with Crippen LogP contribution in [0.4, 0.5) is 0 Å². The van der Waals surface area contributed by atoms with Crippen LogP contribution in [0.3, 0.4) is 0 Å². The normalized spacial score (nSPS) is 17.9. The zero-order chi connectivity index (χ0) is 19.7. The van der Waals surface area contributed by atoms with Crippen molar-refractivity contribution >= 4 is 29.9 Å². The fraction of sp³-hybridized carbons (Fsp3) is 0.789. The smallest absolute Gasteiger partial charge is 0.191 e. The largest absolute Gasteiger partial charge is 0.387 e. The second kappa shape index (κ2) is 12.6. The van der Waals surface area contributed by atoms with Gasteiger partial charge in [-0.05, 0) is 19.8 Å². The lowest BCUT2D eigenvalue weighted by Gasteiger charge is -2.34. The average molecular weight is 508 g/mol. The zero-order valence-corrected chi connectivity index (χ0v) is 20.0. The number of nitrogens with zero attached hydrogens (tertiary/aromatic N) is 4. The number of imidazole rings is 1. The Bertz CT molecular complexity index is 585. The molecule has 0 aromatic carbocycles. The summed E-state index contributed by atoms with van der Waals surface area (Å²) < 4.78 is 7.51. The van der Waals surface area contributed by atoms with Crippen molar-refractivity contribution in [3.8, 4) is 0 Å². The lowest BCUT2D eigenvalue weighted by atomic mass is 10.1. The molecule has 0 radical (unpaired) electrons. The van der Waals surface area contributed by atoms with E-state index in [-0.39, 0.29) is 24.0 Å². The molecular weight excluding hydrogens is 471 g/mol. The third-order valence-corrected chi connectivity index (χ3v) is 4.39. The highest BCUT2D eigenvalue weighted by atomic mass is 127. The Morgan fingerprint density at radius 3 is 2.71 bits per heavy atom. The number of aliphatic hydroxyl groups is 1. The van der Waals surface area contributed by atoms with Gasteiger partial charge in [0.25, 0.3) is 0 Å². The van der Waals surface area contributed by atoms with E-state index in [4.69, 9.17) is 4.74 Å². The van der Waals surface area contributed by atoms with Crippen molar-refractivity contribution in [2.45, 2.75) is 46.4 Å². The first-order chi connectivity index (χ1) is 12.9. The van der Waals surface area contributed by atoms with Gasteiger partial charge in [-0.1, -0.05) is 13.8 Å². The first kappa shape index (κ1) is 25.1. The molecule has 28 heavy (non-hydrogen) atoms. The van der Waals surface area contributed by atoms with E-state index in [1.807, 2.05) is 26.2 Å². The number of aliphatic imine (C=N–C) groups is 1. The van der Waals surface area contributed by atoms with Gasteiger partial charge in [0.15, 0.2) is 5.96 Å². The van der Waals surface area contributed by atoms with Crippen molar-refractivity contribution in [2.75, 3.05) is 45.9 Å². The highest BCUT2D eigenvalue weighted by molar-refractivity contribution is 14.0. The van der Waals surface area contributed by atoms with Gasteiger partial charge in [-0.15, -0.1) is 24.0 Å². The third kappa shape index (κ3) is 9.06. The van der Waals surface area contributed by atoms with Crippen LogP contribution in [0, 0.1) is 5.92 Å². The van der Waals surface area contributed by atoms with Gasteiger partial charge >= 0.3 is 0 Å². The van der Waals surface area contributed by atoms with Gasteiger partial charge in [0.2, 0.25) is 0 Å². The molecule has 0 amide bonds. The number of nitrogens with one attached hydrogen (secondary N) is 2. The van der Waals surface area contributed by atoms with Crippen molar-refractivity contribution in [3.63, 3.8) is 0 Å². The molecule has 2 rings (SSSR count). The van der Waals surface area contributed by atoms with Crippen LogP contribution in [-0.4, -0.2) is 77.1 Å². The summed E-state index contributed by atoms with van der Waals surface area (Å²) in [6, 6.07) is 0. The van der Waals surface area contributed by atoms with E-state index in [0.717, 1.165) is 45.2 Å². The molecule has 0 aliphatic carbocycles. The van der Waals surface area contributed by atoms with Crippen LogP contribution in [0.5, 0.6) is 0 Å². The van der Waals surface area contributed by atoms with E-state index in [9.17, 15) is 5.11 Å². The van der Waals surface area contributed by atoms with Gasteiger partial charge in [-0.2, -0.15) is 0 Å². The maximum absolute atomic E-state index is 10.7. The molecule has 8 nitrogen and oxygen atoms in total. The number of hydrogen-bond acceptors (Lipinski definition) is 5. The standard InChI is InChI=1S/C19H36N6O2.HI/c1-5-20-18(22-12-17-21-6-7-25(17)13-16(2)3)23-14-19(4,26)15-24-8-10-27-11-9-24;/h6-7,16,26H,5,8-15H2,1-4H3,(H2,20,22,23);1H. The van der Waals surface area contributed by atoms with E-state index in [0.29, 0.717) is 31.5 Å². The maximum Gasteiger partial charge on any atom is 0.191 e. The molecule has 0 spiro atoms. The first-order valence-electron chi connectivity index (χ1n) is 9.94. The second-order valence-corrected chi connectivity index (χ2v) is 7.82. The second-order valence-electron chi connectivity index (χ2n) is 7.82. The monoisotopic (exact) mass is 508 g/mol. The molecule has 2 heterocycles. The summed E-state index contributed by atoms with van der Waals surface area (Å²) in [5.41, 5.74) is -0.844. The van der Waals surface area contributed by atoms with E-state index >= 15 is 0 Å². The number of morpholine rings is 1. The van der Waals surface area contributed by atoms with E-state index in [1.54, 1.807) is 0 Å². The molecule has 0 bridgehead atoms.